The first kappa shape index (κ1) is 25.2. The maximum absolute atomic E-state index is 11.7. The average molecular weight is 565 g/mol. The number of non-ortho nitro benzene ring substituents is 2. The molecule has 2 bridgehead atoms. The third-order valence-corrected chi connectivity index (χ3v) is 8.99. The second-order valence-electron chi connectivity index (χ2n) is 11.4. The second-order valence-corrected chi connectivity index (χ2v) is 11.4. The van der Waals surface area contributed by atoms with Gasteiger partial charge in [0.25, 0.3) is 11.4 Å². The van der Waals surface area contributed by atoms with Crippen LogP contribution in [0.4, 0.5) is 11.4 Å². The van der Waals surface area contributed by atoms with E-state index >= 15 is 0 Å². The van der Waals surface area contributed by atoms with Gasteiger partial charge in [-0.15, -0.1) is 0 Å². The van der Waals surface area contributed by atoms with Crippen molar-refractivity contribution in [2.45, 2.75) is 31.1 Å². The van der Waals surface area contributed by atoms with Crippen molar-refractivity contribution in [3.05, 3.63) is 140 Å². The summed E-state index contributed by atoms with van der Waals surface area (Å²) < 4.78 is 0. The molecule has 2 heterocycles. The van der Waals surface area contributed by atoms with Crippen LogP contribution in [0.5, 0.6) is 0 Å². The summed E-state index contributed by atoms with van der Waals surface area (Å²) in [5, 5.41) is 25.0. The Morgan fingerprint density at radius 2 is 1.00 bits per heavy atom. The Kier molecular flexibility index (Phi) is 5.59. The van der Waals surface area contributed by atoms with Crippen molar-refractivity contribution in [2.75, 3.05) is 0 Å². The van der Waals surface area contributed by atoms with E-state index in [1.54, 1.807) is 24.3 Å². The normalized spacial score (nSPS) is 16.9. The fourth-order valence-electron chi connectivity index (χ4n) is 7.22. The summed E-state index contributed by atoms with van der Waals surface area (Å²) in [6, 6.07) is 30.0. The molecule has 0 fully saturated rings. The van der Waals surface area contributed by atoms with Crippen LogP contribution in [0.3, 0.4) is 0 Å². The van der Waals surface area contributed by atoms with Crippen molar-refractivity contribution in [3.8, 4) is 22.3 Å². The van der Waals surface area contributed by atoms with E-state index in [-0.39, 0.29) is 33.1 Å². The van der Waals surface area contributed by atoms with Crippen LogP contribution in [0, 0.1) is 20.2 Å². The third kappa shape index (κ3) is 3.98. The molecule has 0 aliphatic heterocycles. The van der Waals surface area contributed by atoms with Gasteiger partial charge in [-0.1, -0.05) is 60.7 Å². The fourth-order valence-corrected chi connectivity index (χ4v) is 7.22. The number of rotatable bonds is 4. The molecule has 0 N–H and O–H groups in total. The van der Waals surface area contributed by atoms with Crippen molar-refractivity contribution in [3.63, 3.8) is 0 Å². The van der Waals surface area contributed by atoms with Gasteiger partial charge >= 0.3 is 0 Å². The van der Waals surface area contributed by atoms with Gasteiger partial charge < -0.3 is 0 Å². The molecule has 0 saturated heterocycles. The lowest BCUT2D eigenvalue weighted by Crippen LogP contribution is -2.28. The number of hydrogen-bond donors (Lipinski definition) is 0. The van der Waals surface area contributed by atoms with Crippen molar-refractivity contribution < 1.29 is 9.85 Å². The van der Waals surface area contributed by atoms with Crippen molar-refractivity contribution in [1.82, 2.24) is 9.97 Å². The molecule has 0 radical (unpaired) electrons. The smallest absolute Gasteiger partial charge is 0.258 e. The zero-order valence-electron chi connectivity index (χ0n) is 22.9. The predicted molar refractivity (Wildman–Crippen MR) is 165 cm³/mol. The molecule has 0 spiro atoms. The standard InChI is InChI=1S/C35H24N4O4/c40-38(41)24-11-13-30-26(18-24)32(20-7-3-1-4-8-20)28-16-22-15-23(34(28)36-30)17-29-33(21-9-5-2-6-10-21)27-19-25(39(42)43)12-14-31(27)37-35(22)29/h1-14,18-19,22-23H,15-17H2/t22-,23+. The minimum absolute atomic E-state index is 0.0440. The van der Waals surface area contributed by atoms with Crippen LogP contribution in [0.25, 0.3) is 44.1 Å². The quantitative estimate of drug-likeness (QED) is 0.157. The van der Waals surface area contributed by atoms with E-state index in [1.165, 1.54) is 12.1 Å². The molecule has 6 aromatic rings. The zero-order chi connectivity index (χ0) is 29.2. The summed E-state index contributed by atoms with van der Waals surface area (Å²) in [4.78, 5) is 33.1. The largest absolute Gasteiger partial charge is 0.270 e. The van der Waals surface area contributed by atoms with Crippen molar-refractivity contribution in [1.29, 1.82) is 0 Å². The van der Waals surface area contributed by atoms with Crippen LogP contribution in [-0.4, -0.2) is 19.8 Å². The van der Waals surface area contributed by atoms with Gasteiger partial charge in [0.2, 0.25) is 0 Å². The Morgan fingerprint density at radius 1 is 0.581 bits per heavy atom. The number of aromatic nitrogens is 2. The molecular formula is C35H24N4O4. The van der Waals surface area contributed by atoms with Gasteiger partial charge in [0, 0.05) is 58.3 Å². The van der Waals surface area contributed by atoms with Crippen LogP contribution in [0.1, 0.15) is 40.8 Å². The highest BCUT2D eigenvalue weighted by molar-refractivity contribution is 6.00. The average Bonchev–Trinajstić information content (AvgIpc) is 3.03. The highest BCUT2D eigenvalue weighted by Crippen LogP contribution is 2.52. The maximum Gasteiger partial charge on any atom is 0.270 e. The minimum Gasteiger partial charge on any atom is -0.258 e. The number of nitro benzene ring substituents is 2. The van der Waals surface area contributed by atoms with Crippen LogP contribution < -0.4 is 0 Å². The monoisotopic (exact) mass is 564 g/mol. The summed E-state index contributed by atoms with van der Waals surface area (Å²) in [5.41, 5.74) is 9.89. The number of pyridine rings is 2. The Morgan fingerprint density at radius 3 is 1.40 bits per heavy atom. The topological polar surface area (TPSA) is 112 Å². The lowest BCUT2D eigenvalue weighted by atomic mass is 9.67. The van der Waals surface area contributed by atoms with Crippen LogP contribution in [0.2, 0.25) is 0 Å². The summed E-state index contributed by atoms with van der Waals surface area (Å²) in [6.45, 7) is 0. The lowest BCUT2D eigenvalue weighted by Gasteiger charge is -2.39. The molecule has 2 aromatic heterocycles. The third-order valence-electron chi connectivity index (χ3n) is 8.99. The van der Waals surface area contributed by atoms with E-state index in [0.717, 1.165) is 73.0 Å². The molecule has 43 heavy (non-hydrogen) atoms. The van der Waals surface area contributed by atoms with Gasteiger partial charge in [-0.25, -0.2) is 0 Å². The highest BCUT2D eigenvalue weighted by Gasteiger charge is 2.39. The van der Waals surface area contributed by atoms with Crippen LogP contribution in [-0.2, 0) is 12.8 Å². The summed E-state index contributed by atoms with van der Waals surface area (Å²) in [5.74, 6) is 0.229. The van der Waals surface area contributed by atoms with E-state index in [9.17, 15) is 20.2 Å². The molecule has 2 aliphatic rings. The van der Waals surface area contributed by atoms with E-state index in [4.69, 9.17) is 9.97 Å². The van der Waals surface area contributed by atoms with Gasteiger partial charge in [0.15, 0.2) is 0 Å². The fraction of sp³-hybridized carbons (Fsp3) is 0.143. The molecule has 0 amide bonds. The number of nitrogens with zero attached hydrogens (tertiary/aromatic N) is 4. The van der Waals surface area contributed by atoms with Gasteiger partial charge in [-0.3, -0.25) is 30.2 Å². The van der Waals surface area contributed by atoms with Gasteiger partial charge in [0.05, 0.1) is 20.9 Å². The molecule has 2 aliphatic carbocycles. The molecule has 2 atom stereocenters. The molecule has 4 aromatic carbocycles. The zero-order valence-corrected chi connectivity index (χ0v) is 22.9. The van der Waals surface area contributed by atoms with Crippen molar-refractivity contribution in [2.24, 2.45) is 0 Å². The number of benzene rings is 4. The number of fused-ring (bicyclic) bond motifs is 8. The van der Waals surface area contributed by atoms with E-state index in [0.29, 0.717) is 12.8 Å². The molecular weight excluding hydrogens is 540 g/mol. The summed E-state index contributed by atoms with van der Waals surface area (Å²) in [7, 11) is 0. The van der Waals surface area contributed by atoms with Gasteiger partial charge in [-0.2, -0.15) is 0 Å². The second kappa shape index (κ2) is 9.52. The molecule has 0 unspecified atom stereocenters. The Bertz CT molecular complexity index is 1980. The molecule has 208 valence electrons. The van der Waals surface area contributed by atoms with Crippen molar-refractivity contribution >= 4 is 33.2 Å². The first-order chi connectivity index (χ1) is 21.0. The molecule has 8 rings (SSSR count). The summed E-state index contributed by atoms with van der Waals surface area (Å²) >= 11 is 0. The molecule has 8 nitrogen and oxygen atoms in total. The van der Waals surface area contributed by atoms with Crippen LogP contribution >= 0.6 is 0 Å². The van der Waals surface area contributed by atoms with E-state index in [2.05, 4.69) is 24.3 Å². The Labute approximate surface area is 246 Å². The number of nitro groups is 2. The predicted octanol–water partition coefficient (Wildman–Crippen LogP) is 8.30. The lowest BCUT2D eigenvalue weighted by molar-refractivity contribution is -0.384. The first-order valence-corrected chi connectivity index (χ1v) is 14.3. The summed E-state index contributed by atoms with van der Waals surface area (Å²) in [6.07, 6.45) is 2.31. The maximum atomic E-state index is 11.7. The minimum atomic E-state index is -0.358. The van der Waals surface area contributed by atoms with E-state index < -0.39 is 0 Å². The molecule has 8 heteroatoms. The van der Waals surface area contributed by atoms with Crippen LogP contribution in [0.15, 0.2) is 97.1 Å². The Hall–Kier alpha value is -5.50. The molecule has 0 saturated carbocycles. The first-order valence-electron chi connectivity index (χ1n) is 14.3. The SMILES string of the molecule is O=[N+]([O-])c1ccc2nc3c(c(-c4ccccc4)c2c1)C[C@H]1C[C@H]3Cc2c1nc1ccc([N+](=O)[O-])cc1c2-c1ccccc1. The Balaban J connectivity index is 1.39. The van der Waals surface area contributed by atoms with Gasteiger partial charge in [0.1, 0.15) is 0 Å². The van der Waals surface area contributed by atoms with E-state index in [1.807, 2.05) is 36.4 Å². The highest BCUT2D eigenvalue weighted by atomic mass is 16.6. The number of hydrogen-bond acceptors (Lipinski definition) is 6. The van der Waals surface area contributed by atoms with Gasteiger partial charge in [-0.05, 0) is 64.8 Å².